The van der Waals surface area contributed by atoms with E-state index in [1.165, 1.54) is 24.5 Å². The van der Waals surface area contributed by atoms with Crippen LogP contribution in [0, 0.1) is 13.8 Å². The summed E-state index contributed by atoms with van der Waals surface area (Å²) in [5.41, 5.74) is 1.07. The van der Waals surface area contributed by atoms with Crippen LogP contribution in [0.2, 0.25) is 0 Å². The molecule has 108 valence electrons. The lowest BCUT2D eigenvalue weighted by Crippen LogP contribution is -2.22. The number of rotatable bonds is 3. The zero-order valence-electron chi connectivity index (χ0n) is 11.6. The summed E-state index contributed by atoms with van der Waals surface area (Å²) in [6.07, 6.45) is 2.69. The summed E-state index contributed by atoms with van der Waals surface area (Å²) >= 11 is 0. The number of pyridine rings is 1. The van der Waals surface area contributed by atoms with Crippen LogP contribution >= 0.6 is 0 Å². The molecule has 0 aliphatic carbocycles. The molecule has 0 bridgehead atoms. The monoisotopic (exact) mass is 286 g/mol. The van der Waals surface area contributed by atoms with Crippen molar-refractivity contribution in [2.45, 2.75) is 13.8 Å². The summed E-state index contributed by atoms with van der Waals surface area (Å²) in [6, 6.07) is 4.46. The van der Waals surface area contributed by atoms with Gasteiger partial charge in [0.15, 0.2) is 5.43 Å². The van der Waals surface area contributed by atoms with Crippen LogP contribution in [0.3, 0.4) is 0 Å². The fourth-order valence-corrected chi connectivity index (χ4v) is 2.08. The molecule has 0 spiro atoms. The smallest absolute Gasteiger partial charge is 0.337 e. The summed E-state index contributed by atoms with van der Waals surface area (Å²) in [4.78, 5) is 37.7. The summed E-state index contributed by atoms with van der Waals surface area (Å²) < 4.78 is 0. The molecule has 3 N–H and O–H groups in total. The predicted octanol–water partition coefficient (Wildman–Crippen LogP) is 1.94. The van der Waals surface area contributed by atoms with Crippen LogP contribution in [0.15, 0.2) is 35.4 Å². The van der Waals surface area contributed by atoms with Crippen molar-refractivity contribution in [1.82, 2.24) is 4.98 Å². The van der Waals surface area contributed by atoms with Gasteiger partial charge in [-0.25, -0.2) is 4.79 Å². The van der Waals surface area contributed by atoms with Crippen LogP contribution in [-0.4, -0.2) is 22.0 Å². The van der Waals surface area contributed by atoms with E-state index in [1.54, 1.807) is 19.9 Å². The number of aromatic amines is 1. The number of hydrogen-bond donors (Lipinski definition) is 3. The third-order valence-electron chi connectivity index (χ3n) is 3.02. The molecular weight excluding hydrogens is 272 g/mol. The molecule has 0 unspecified atom stereocenters. The van der Waals surface area contributed by atoms with Gasteiger partial charge in [-0.3, -0.25) is 9.59 Å². The van der Waals surface area contributed by atoms with Gasteiger partial charge in [0, 0.05) is 18.5 Å². The zero-order valence-corrected chi connectivity index (χ0v) is 11.6. The number of aromatic carboxylic acids is 1. The van der Waals surface area contributed by atoms with Crippen molar-refractivity contribution >= 4 is 17.6 Å². The van der Waals surface area contributed by atoms with Crippen molar-refractivity contribution in [3.8, 4) is 0 Å². The van der Waals surface area contributed by atoms with E-state index in [4.69, 9.17) is 0 Å². The minimum atomic E-state index is -1.14. The second-order valence-corrected chi connectivity index (χ2v) is 4.69. The lowest BCUT2D eigenvalue weighted by atomic mass is 10.0. The highest BCUT2D eigenvalue weighted by Gasteiger charge is 2.17. The number of hydrogen-bond acceptors (Lipinski definition) is 3. The Bertz CT molecular complexity index is 777. The first-order chi connectivity index (χ1) is 9.90. The zero-order chi connectivity index (χ0) is 15.6. The van der Waals surface area contributed by atoms with E-state index in [9.17, 15) is 19.5 Å². The molecule has 0 atom stereocenters. The van der Waals surface area contributed by atoms with E-state index in [0.29, 0.717) is 5.56 Å². The van der Waals surface area contributed by atoms with Crippen LogP contribution in [-0.2, 0) is 0 Å². The number of nitrogens with one attached hydrogen (secondary N) is 2. The lowest BCUT2D eigenvalue weighted by Gasteiger charge is -2.12. The minimum absolute atomic E-state index is 0.00629. The molecule has 6 heteroatoms. The number of carbonyl (C=O) groups excluding carboxylic acids is 1. The number of aromatic nitrogens is 1. The van der Waals surface area contributed by atoms with E-state index in [0.717, 1.165) is 5.56 Å². The van der Waals surface area contributed by atoms with Crippen molar-refractivity contribution in [3.05, 3.63) is 63.1 Å². The molecule has 21 heavy (non-hydrogen) atoms. The first-order valence-corrected chi connectivity index (χ1v) is 6.23. The molecule has 6 nitrogen and oxygen atoms in total. The average molecular weight is 286 g/mol. The van der Waals surface area contributed by atoms with Crippen LogP contribution in [0.4, 0.5) is 5.69 Å². The maximum absolute atomic E-state index is 12.1. The van der Waals surface area contributed by atoms with E-state index >= 15 is 0 Å². The number of H-pyrrole nitrogens is 1. The van der Waals surface area contributed by atoms with Crippen molar-refractivity contribution in [3.63, 3.8) is 0 Å². The molecule has 1 heterocycles. The molecule has 0 saturated carbocycles. The van der Waals surface area contributed by atoms with Gasteiger partial charge in [0.2, 0.25) is 0 Å². The SMILES string of the molecule is Cc1cc(C)c(NC(=O)c2c[nH]ccc2=O)c(C(=O)O)c1. The van der Waals surface area contributed by atoms with Gasteiger partial charge < -0.3 is 15.4 Å². The molecule has 0 aliphatic heterocycles. The van der Waals surface area contributed by atoms with Crippen molar-refractivity contribution in [2.75, 3.05) is 5.32 Å². The Morgan fingerprint density at radius 1 is 1.19 bits per heavy atom. The van der Waals surface area contributed by atoms with Gasteiger partial charge in [0.05, 0.1) is 11.3 Å². The maximum atomic E-state index is 12.1. The fraction of sp³-hybridized carbons (Fsp3) is 0.133. The summed E-state index contributed by atoms with van der Waals surface area (Å²) in [5.74, 6) is -1.79. The van der Waals surface area contributed by atoms with Gasteiger partial charge in [-0.1, -0.05) is 6.07 Å². The highest BCUT2D eigenvalue weighted by Crippen LogP contribution is 2.23. The lowest BCUT2D eigenvalue weighted by molar-refractivity contribution is 0.0698. The number of carbonyl (C=O) groups is 2. The number of carboxylic acid groups (broad SMARTS) is 1. The van der Waals surface area contributed by atoms with E-state index < -0.39 is 17.3 Å². The molecule has 1 amide bonds. The summed E-state index contributed by atoms with van der Waals surface area (Å²) in [7, 11) is 0. The molecule has 0 fully saturated rings. The standard InChI is InChI=1S/C15H14N2O4/c1-8-5-9(2)13(10(6-8)15(20)21)17-14(19)11-7-16-4-3-12(11)18/h3-7H,1-2H3,(H,16,18)(H,17,19)(H,20,21). The topological polar surface area (TPSA) is 99.3 Å². The third kappa shape index (κ3) is 3.00. The Balaban J connectivity index is 2.45. The number of carboxylic acids is 1. The number of benzene rings is 1. The Labute approximate surface area is 120 Å². The Hall–Kier alpha value is -2.89. The normalized spacial score (nSPS) is 10.2. The number of anilines is 1. The summed E-state index contributed by atoms with van der Waals surface area (Å²) in [5, 5.41) is 11.7. The maximum Gasteiger partial charge on any atom is 0.337 e. The number of amides is 1. The molecule has 0 saturated heterocycles. The van der Waals surface area contributed by atoms with Crippen LogP contribution in [0.25, 0.3) is 0 Å². The Morgan fingerprint density at radius 3 is 2.52 bits per heavy atom. The third-order valence-corrected chi connectivity index (χ3v) is 3.02. The molecule has 1 aromatic heterocycles. The van der Waals surface area contributed by atoms with Crippen LogP contribution in [0.1, 0.15) is 31.8 Å². The summed E-state index contributed by atoms with van der Waals surface area (Å²) in [6.45, 7) is 3.47. The van der Waals surface area contributed by atoms with Crippen molar-refractivity contribution < 1.29 is 14.7 Å². The average Bonchev–Trinajstić information content (AvgIpc) is 2.41. The predicted molar refractivity (Wildman–Crippen MR) is 77.9 cm³/mol. The molecule has 0 radical (unpaired) electrons. The quantitative estimate of drug-likeness (QED) is 0.802. The molecule has 0 aliphatic rings. The van der Waals surface area contributed by atoms with E-state index in [2.05, 4.69) is 10.3 Å². The van der Waals surface area contributed by atoms with Gasteiger partial charge in [0.1, 0.15) is 5.56 Å². The van der Waals surface area contributed by atoms with Crippen molar-refractivity contribution in [2.24, 2.45) is 0 Å². The first-order valence-electron chi connectivity index (χ1n) is 6.23. The van der Waals surface area contributed by atoms with Gasteiger partial charge in [-0.15, -0.1) is 0 Å². The fourth-order valence-electron chi connectivity index (χ4n) is 2.08. The second-order valence-electron chi connectivity index (χ2n) is 4.69. The minimum Gasteiger partial charge on any atom is -0.478 e. The Morgan fingerprint density at radius 2 is 1.90 bits per heavy atom. The van der Waals surface area contributed by atoms with Crippen molar-refractivity contribution in [1.29, 1.82) is 0 Å². The molecule has 1 aromatic carbocycles. The van der Waals surface area contributed by atoms with Gasteiger partial charge in [-0.05, 0) is 31.0 Å². The van der Waals surface area contributed by atoms with Gasteiger partial charge in [-0.2, -0.15) is 0 Å². The number of aryl methyl sites for hydroxylation is 2. The molecular formula is C15H14N2O4. The van der Waals surface area contributed by atoms with E-state index in [1.807, 2.05) is 0 Å². The molecule has 2 rings (SSSR count). The largest absolute Gasteiger partial charge is 0.478 e. The van der Waals surface area contributed by atoms with E-state index in [-0.39, 0.29) is 16.8 Å². The highest BCUT2D eigenvalue weighted by molar-refractivity contribution is 6.08. The highest BCUT2D eigenvalue weighted by atomic mass is 16.4. The van der Waals surface area contributed by atoms with Crippen LogP contribution < -0.4 is 10.7 Å². The Kier molecular flexibility index (Phi) is 3.89. The van der Waals surface area contributed by atoms with Crippen LogP contribution in [0.5, 0.6) is 0 Å². The molecule has 2 aromatic rings. The first kappa shape index (κ1) is 14.5. The second kappa shape index (κ2) is 5.62. The van der Waals surface area contributed by atoms with Gasteiger partial charge in [0.25, 0.3) is 5.91 Å². The van der Waals surface area contributed by atoms with Gasteiger partial charge >= 0.3 is 5.97 Å².